The molecule has 0 saturated heterocycles. The number of hydrogen-bond acceptors (Lipinski definition) is 1. The Kier molecular flexibility index (Phi) is 3.73. The molecule has 0 aliphatic carbocycles. The molecule has 0 heterocycles. The summed E-state index contributed by atoms with van der Waals surface area (Å²) in [4.78, 5) is 11.5. The molecule has 0 spiro atoms. The van der Waals surface area contributed by atoms with Gasteiger partial charge in [0.15, 0.2) is 0 Å². The lowest BCUT2D eigenvalue weighted by Gasteiger charge is -2.05. The summed E-state index contributed by atoms with van der Waals surface area (Å²) in [7, 11) is 0. The number of carbonyl (C=O) groups excluding carboxylic acids is 1. The molecular formula is C11H10BrNO. The smallest absolute Gasteiger partial charge is 0.252 e. The number of hydrogen-bond donors (Lipinski definition) is 1. The maximum atomic E-state index is 11.5. The van der Waals surface area contributed by atoms with Gasteiger partial charge in [-0.15, -0.1) is 6.42 Å². The summed E-state index contributed by atoms with van der Waals surface area (Å²) in [6.07, 6.45) is 5.04. The van der Waals surface area contributed by atoms with Crippen molar-refractivity contribution in [1.82, 2.24) is 5.32 Å². The zero-order valence-electron chi connectivity index (χ0n) is 7.80. The number of amides is 1. The number of halogens is 1. The van der Waals surface area contributed by atoms with E-state index in [0.29, 0.717) is 5.56 Å². The fourth-order valence-corrected chi connectivity index (χ4v) is 1.58. The minimum atomic E-state index is -0.132. The largest absolute Gasteiger partial charge is 0.341 e. The predicted molar refractivity (Wildman–Crippen MR) is 60.0 cm³/mol. The second-order valence-electron chi connectivity index (χ2n) is 2.85. The van der Waals surface area contributed by atoms with Gasteiger partial charge in [0, 0.05) is 10.0 Å². The Morgan fingerprint density at radius 1 is 1.64 bits per heavy atom. The molecule has 0 aromatic heterocycles. The number of carbonyl (C=O) groups is 1. The molecule has 0 atom stereocenters. The minimum absolute atomic E-state index is 0.132. The molecule has 1 rings (SSSR count). The Labute approximate surface area is 91.8 Å². The Hall–Kier alpha value is -1.27. The molecule has 14 heavy (non-hydrogen) atoms. The van der Waals surface area contributed by atoms with Crippen LogP contribution in [-0.4, -0.2) is 12.5 Å². The highest BCUT2D eigenvalue weighted by molar-refractivity contribution is 9.10. The van der Waals surface area contributed by atoms with Crippen LogP contribution in [0.5, 0.6) is 0 Å². The fraction of sp³-hybridized carbons (Fsp3) is 0.182. The number of rotatable bonds is 2. The van der Waals surface area contributed by atoms with Gasteiger partial charge in [-0.1, -0.05) is 21.9 Å². The summed E-state index contributed by atoms with van der Waals surface area (Å²) in [5, 5.41) is 2.62. The van der Waals surface area contributed by atoms with Crippen molar-refractivity contribution >= 4 is 21.8 Å². The van der Waals surface area contributed by atoms with E-state index in [1.807, 2.05) is 19.1 Å². The van der Waals surface area contributed by atoms with Crippen molar-refractivity contribution in [1.29, 1.82) is 0 Å². The first-order chi connectivity index (χ1) is 6.65. The third-order valence-corrected chi connectivity index (χ3v) is 2.28. The van der Waals surface area contributed by atoms with Crippen LogP contribution in [0.1, 0.15) is 15.9 Å². The van der Waals surface area contributed by atoms with Crippen molar-refractivity contribution in [3.8, 4) is 12.3 Å². The van der Waals surface area contributed by atoms with E-state index in [0.717, 1.165) is 10.0 Å². The molecule has 0 aliphatic rings. The van der Waals surface area contributed by atoms with Crippen LogP contribution in [0.2, 0.25) is 0 Å². The molecule has 0 fully saturated rings. The normalized spacial score (nSPS) is 9.21. The lowest BCUT2D eigenvalue weighted by atomic mass is 10.1. The molecule has 1 amide bonds. The van der Waals surface area contributed by atoms with Crippen molar-refractivity contribution in [2.75, 3.05) is 6.54 Å². The average Bonchev–Trinajstić information content (AvgIpc) is 2.14. The SMILES string of the molecule is C#CCNC(=O)c1ccc(Br)cc1C. The van der Waals surface area contributed by atoms with E-state index < -0.39 is 0 Å². The molecule has 2 nitrogen and oxygen atoms in total. The van der Waals surface area contributed by atoms with Crippen LogP contribution < -0.4 is 5.32 Å². The van der Waals surface area contributed by atoms with Crippen LogP contribution >= 0.6 is 15.9 Å². The summed E-state index contributed by atoms with van der Waals surface area (Å²) in [5.41, 5.74) is 1.58. The standard InChI is InChI=1S/C11H10BrNO/c1-3-6-13-11(14)10-5-4-9(12)7-8(10)2/h1,4-5,7H,6H2,2H3,(H,13,14). The van der Waals surface area contributed by atoms with Crippen molar-refractivity contribution in [3.63, 3.8) is 0 Å². The summed E-state index contributed by atoms with van der Waals surface area (Å²) >= 11 is 3.33. The van der Waals surface area contributed by atoms with Gasteiger partial charge in [0.2, 0.25) is 0 Å². The first-order valence-electron chi connectivity index (χ1n) is 4.13. The third kappa shape index (κ3) is 2.61. The summed E-state index contributed by atoms with van der Waals surface area (Å²) in [6, 6.07) is 5.49. The minimum Gasteiger partial charge on any atom is -0.341 e. The highest BCUT2D eigenvalue weighted by Crippen LogP contribution is 2.15. The number of benzene rings is 1. The van der Waals surface area contributed by atoms with E-state index in [1.165, 1.54) is 0 Å². The molecule has 0 saturated carbocycles. The van der Waals surface area contributed by atoms with Crippen LogP contribution in [0.25, 0.3) is 0 Å². The van der Waals surface area contributed by atoms with E-state index in [2.05, 4.69) is 27.2 Å². The Balaban J connectivity index is 2.86. The molecule has 1 aromatic rings. The van der Waals surface area contributed by atoms with Gasteiger partial charge in [0.25, 0.3) is 5.91 Å². The molecule has 1 N–H and O–H groups in total. The van der Waals surface area contributed by atoms with Crippen LogP contribution in [0.3, 0.4) is 0 Å². The van der Waals surface area contributed by atoms with Gasteiger partial charge >= 0.3 is 0 Å². The lowest BCUT2D eigenvalue weighted by Crippen LogP contribution is -2.24. The maximum Gasteiger partial charge on any atom is 0.252 e. The van der Waals surface area contributed by atoms with E-state index in [-0.39, 0.29) is 12.5 Å². The molecule has 0 unspecified atom stereocenters. The number of aryl methyl sites for hydroxylation is 1. The van der Waals surface area contributed by atoms with E-state index in [4.69, 9.17) is 6.42 Å². The Morgan fingerprint density at radius 3 is 2.93 bits per heavy atom. The van der Waals surface area contributed by atoms with E-state index in [1.54, 1.807) is 6.07 Å². The molecule has 1 aromatic carbocycles. The van der Waals surface area contributed by atoms with E-state index >= 15 is 0 Å². The van der Waals surface area contributed by atoms with Gasteiger partial charge in [0.1, 0.15) is 0 Å². The van der Waals surface area contributed by atoms with Crippen LogP contribution in [0.15, 0.2) is 22.7 Å². The van der Waals surface area contributed by atoms with Crippen LogP contribution in [0.4, 0.5) is 0 Å². The van der Waals surface area contributed by atoms with Crippen molar-refractivity contribution < 1.29 is 4.79 Å². The highest BCUT2D eigenvalue weighted by atomic mass is 79.9. The van der Waals surface area contributed by atoms with Gasteiger partial charge in [-0.05, 0) is 30.7 Å². The molecule has 0 bridgehead atoms. The van der Waals surface area contributed by atoms with Crippen molar-refractivity contribution in [2.24, 2.45) is 0 Å². The quantitative estimate of drug-likeness (QED) is 0.802. The lowest BCUT2D eigenvalue weighted by molar-refractivity contribution is 0.0958. The molecular weight excluding hydrogens is 242 g/mol. The Bertz CT molecular complexity index is 393. The maximum absolute atomic E-state index is 11.5. The predicted octanol–water partition coefficient (Wildman–Crippen LogP) is 2.12. The summed E-state index contributed by atoms with van der Waals surface area (Å²) < 4.78 is 0.962. The molecule has 0 aliphatic heterocycles. The number of terminal acetylenes is 1. The number of nitrogens with one attached hydrogen (secondary N) is 1. The zero-order valence-corrected chi connectivity index (χ0v) is 9.39. The topological polar surface area (TPSA) is 29.1 Å². The third-order valence-electron chi connectivity index (χ3n) is 1.78. The monoisotopic (exact) mass is 251 g/mol. The Morgan fingerprint density at radius 2 is 2.36 bits per heavy atom. The van der Waals surface area contributed by atoms with Crippen LogP contribution in [0, 0.1) is 19.3 Å². The van der Waals surface area contributed by atoms with Crippen molar-refractivity contribution in [2.45, 2.75) is 6.92 Å². The van der Waals surface area contributed by atoms with Crippen molar-refractivity contribution in [3.05, 3.63) is 33.8 Å². The first kappa shape index (κ1) is 10.8. The second-order valence-corrected chi connectivity index (χ2v) is 3.76. The first-order valence-corrected chi connectivity index (χ1v) is 4.92. The second kappa shape index (κ2) is 4.83. The molecule has 72 valence electrons. The molecule has 3 heteroatoms. The van der Waals surface area contributed by atoms with Gasteiger partial charge < -0.3 is 5.32 Å². The molecule has 0 radical (unpaired) electrons. The van der Waals surface area contributed by atoms with Gasteiger partial charge in [-0.2, -0.15) is 0 Å². The van der Waals surface area contributed by atoms with Gasteiger partial charge in [-0.25, -0.2) is 0 Å². The summed E-state index contributed by atoms with van der Waals surface area (Å²) in [5.74, 6) is 2.23. The fourth-order valence-electron chi connectivity index (χ4n) is 1.11. The van der Waals surface area contributed by atoms with Gasteiger partial charge in [0.05, 0.1) is 6.54 Å². The van der Waals surface area contributed by atoms with E-state index in [9.17, 15) is 4.79 Å². The zero-order chi connectivity index (χ0) is 10.6. The average molecular weight is 252 g/mol. The summed E-state index contributed by atoms with van der Waals surface area (Å²) in [6.45, 7) is 2.14. The highest BCUT2D eigenvalue weighted by Gasteiger charge is 2.07. The van der Waals surface area contributed by atoms with Gasteiger partial charge in [-0.3, -0.25) is 4.79 Å². The van der Waals surface area contributed by atoms with Crippen LogP contribution in [-0.2, 0) is 0 Å².